The highest BCUT2D eigenvalue weighted by Crippen LogP contribution is 2.61. The van der Waals surface area contributed by atoms with Crippen LogP contribution in [0.1, 0.15) is 48.0 Å². The molecule has 1 fully saturated rings. The van der Waals surface area contributed by atoms with E-state index in [2.05, 4.69) is 26.5 Å². The summed E-state index contributed by atoms with van der Waals surface area (Å²) in [5.41, 5.74) is 2.42. The normalized spacial score (nSPS) is 29.5. The Hall–Kier alpha value is -0.330. The van der Waals surface area contributed by atoms with Crippen LogP contribution >= 0.6 is 7.52 Å². The third kappa shape index (κ3) is 3.56. The van der Waals surface area contributed by atoms with Crippen molar-refractivity contribution in [2.24, 2.45) is 0 Å². The summed E-state index contributed by atoms with van der Waals surface area (Å²) in [6, 6.07) is 0. The Morgan fingerprint density at radius 3 is 2.47 bits per heavy atom. The first-order valence-electron chi connectivity index (χ1n) is 6.08. The monoisotopic (exact) mass is 257 g/mol. The molecule has 1 unspecified atom stereocenters. The second-order valence-corrected chi connectivity index (χ2v) is 8.10. The summed E-state index contributed by atoms with van der Waals surface area (Å²) in [5, 5.41) is 0. The fourth-order valence-corrected chi connectivity index (χ4v) is 4.62. The molecule has 0 amide bonds. The molecular weight excluding hydrogens is 233 g/mol. The molecule has 0 N–H and O–H groups in total. The van der Waals surface area contributed by atoms with Gasteiger partial charge in [0, 0.05) is 12.1 Å². The molecule has 0 aromatic heterocycles. The maximum absolute atomic E-state index is 13.0. The van der Waals surface area contributed by atoms with Gasteiger partial charge >= 0.3 is 7.52 Å². The lowest BCUT2D eigenvalue weighted by Gasteiger charge is -2.47. The van der Waals surface area contributed by atoms with Gasteiger partial charge < -0.3 is 4.52 Å². The standard InChI is InChI=1S/C13H24NO2P/c1-7-8-11-17(15)14(12(2,3)4)10-9-13(5,6)16-17/h7,11H,9-10H2,1-6H3. The first-order valence-corrected chi connectivity index (χ1v) is 7.72. The molecule has 1 heterocycles. The van der Waals surface area contributed by atoms with Crippen LogP contribution in [0.3, 0.4) is 0 Å². The van der Waals surface area contributed by atoms with Crippen molar-refractivity contribution in [3.63, 3.8) is 0 Å². The minimum Gasteiger partial charge on any atom is -0.308 e. The highest BCUT2D eigenvalue weighted by molar-refractivity contribution is 7.59. The number of rotatable bonds is 1. The van der Waals surface area contributed by atoms with Gasteiger partial charge in [-0.1, -0.05) is 0 Å². The maximum Gasteiger partial charge on any atom is 0.303 e. The fourth-order valence-electron chi connectivity index (χ4n) is 1.98. The molecule has 1 aliphatic heterocycles. The highest BCUT2D eigenvalue weighted by Gasteiger charge is 2.45. The van der Waals surface area contributed by atoms with Crippen LogP contribution in [0.5, 0.6) is 0 Å². The Morgan fingerprint density at radius 2 is 2.00 bits per heavy atom. The van der Waals surface area contributed by atoms with E-state index in [0.29, 0.717) is 0 Å². The molecule has 1 aliphatic rings. The van der Waals surface area contributed by atoms with Gasteiger partial charge in [-0.05, 0) is 54.0 Å². The quantitative estimate of drug-likeness (QED) is 0.521. The summed E-state index contributed by atoms with van der Waals surface area (Å²) >= 11 is 0. The van der Waals surface area contributed by atoms with Crippen LogP contribution in [0, 0.1) is 0 Å². The van der Waals surface area contributed by atoms with E-state index in [1.807, 2.05) is 25.4 Å². The molecule has 0 radical (unpaired) electrons. The predicted octanol–water partition coefficient (Wildman–Crippen LogP) is 4.17. The number of nitrogens with zero attached hydrogens (tertiary/aromatic N) is 1. The van der Waals surface area contributed by atoms with E-state index < -0.39 is 7.52 Å². The molecule has 0 saturated carbocycles. The van der Waals surface area contributed by atoms with Crippen molar-refractivity contribution in [1.82, 2.24) is 4.67 Å². The Bertz CT molecular complexity index is 387. The minimum atomic E-state index is -2.92. The zero-order chi connectivity index (χ0) is 13.3. The molecule has 4 heteroatoms. The topological polar surface area (TPSA) is 29.5 Å². The SMILES string of the molecule is CC=C=CP1(=O)OC(C)(C)CCN1C(C)(C)C. The highest BCUT2D eigenvalue weighted by atomic mass is 31.2. The minimum absolute atomic E-state index is 0.169. The average molecular weight is 257 g/mol. The van der Waals surface area contributed by atoms with E-state index in [1.165, 1.54) is 0 Å². The van der Waals surface area contributed by atoms with Crippen molar-refractivity contribution in [3.05, 3.63) is 17.6 Å². The van der Waals surface area contributed by atoms with Gasteiger partial charge in [0.25, 0.3) is 0 Å². The molecule has 0 aliphatic carbocycles. The van der Waals surface area contributed by atoms with E-state index >= 15 is 0 Å². The van der Waals surface area contributed by atoms with Crippen molar-refractivity contribution in [2.45, 2.75) is 59.1 Å². The van der Waals surface area contributed by atoms with E-state index in [-0.39, 0.29) is 11.1 Å². The summed E-state index contributed by atoms with van der Waals surface area (Å²) in [4.78, 5) is 0. The second-order valence-electron chi connectivity index (χ2n) is 6.04. The van der Waals surface area contributed by atoms with Gasteiger partial charge in [0.2, 0.25) is 0 Å². The van der Waals surface area contributed by atoms with Crippen LogP contribution in [0.15, 0.2) is 17.6 Å². The van der Waals surface area contributed by atoms with Gasteiger partial charge in [0.15, 0.2) is 0 Å². The van der Waals surface area contributed by atoms with Crippen LogP contribution in [0.2, 0.25) is 0 Å². The van der Waals surface area contributed by atoms with Gasteiger partial charge in [0.1, 0.15) is 0 Å². The summed E-state index contributed by atoms with van der Waals surface area (Å²) in [5.74, 6) is 1.60. The lowest BCUT2D eigenvalue weighted by Crippen LogP contribution is -2.46. The van der Waals surface area contributed by atoms with Crippen LogP contribution in [-0.4, -0.2) is 22.4 Å². The van der Waals surface area contributed by atoms with E-state index in [9.17, 15) is 4.57 Å². The van der Waals surface area contributed by atoms with Crippen molar-refractivity contribution < 1.29 is 9.09 Å². The first-order chi connectivity index (χ1) is 7.61. The predicted molar refractivity (Wildman–Crippen MR) is 72.2 cm³/mol. The van der Waals surface area contributed by atoms with Crippen LogP contribution in [0.4, 0.5) is 0 Å². The molecule has 17 heavy (non-hydrogen) atoms. The molecule has 0 aromatic carbocycles. The Kier molecular flexibility index (Phi) is 4.11. The van der Waals surface area contributed by atoms with Crippen LogP contribution in [0.25, 0.3) is 0 Å². The van der Waals surface area contributed by atoms with Crippen molar-refractivity contribution in [3.8, 4) is 0 Å². The molecular formula is C13H24NO2P. The van der Waals surface area contributed by atoms with Gasteiger partial charge in [-0.25, -0.2) is 4.67 Å². The van der Waals surface area contributed by atoms with Gasteiger partial charge in [0.05, 0.1) is 11.4 Å². The summed E-state index contributed by atoms with van der Waals surface area (Å²) < 4.78 is 20.8. The van der Waals surface area contributed by atoms with Crippen molar-refractivity contribution >= 4 is 7.52 Å². The zero-order valence-electron chi connectivity index (χ0n) is 11.8. The van der Waals surface area contributed by atoms with Crippen molar-refractivity contribution in [2.75, 3.05) is 6.54 Å². The molecule has 3 nitrogen and oxygen atoms in total. The zero-order valence-corrected chi connectivity index (χ0v) is 12.7. The van der Waals surface area contributed by atoms with E-state index in [1.54, 1.807) is 11.9 Å². The number of allylic oxidation sites excluding steroid dienone is 1. The summed E-state index contributed by atoms with van der Waals surface area (Å²) in [6.45, 7) is 12.8. The van der Waals surface area contributed by atoms with Gasteiger partial charge in [-0.3, -0.25) is 4.57 Å². The number of hydrogen-bond acceptors (Lipinski definition) is 2. The molecule has 1 rings (SSSR count). The Labute approximate surface area is 105 Å². The molecule has 0 bridgehead atoms. The van der Waals surface area contributed by atoms with E-state index in [0.717, 1.165) is 13.0 Å². The van der Waals surface area contributed by atoms with Gasteiger partial charge in [-0.15, -0.1) is 5.73 Å². The number of hydrogen-bond donors (Lipinski definition) is 0. The lowest BCUT2D eigenvalue weighted by molar-refractivity contribution is 0.0350. The Balaban J connectivity index is 3.15. The maximum atomic E-state index is 13.0. The van der Waals surface area contributed by atoms with E-state index in [4.69, 9.17) is 4.52 Å². The third-order valence-electron chi connectivity index (χ3n) is 2.82. The average Bonchev–Trinajstić information content (AvgIpc) is 2.10. The summed E-state index contributed by atoms with van der Waals surface area (Å²) in [6.07, 6.45) is 2.64. The van der Waals surface area contributed by atoms with Crippen molar-refractivity contribution in [1.29, 1.82) is 0 Å². The molecule has 0 aromatic rings. The molecule has 0 spiro atoms. The Morgan fingerprint density at radius 1 is 1.41 bits per heavy atom. The molecule has 1 atom stereocenters. The summed E-state index contributed by atoms with van der Waals surface area (Å²) in [7, 11) is -2.92. The van der Waals surface area contributed by atoms with Crippen LogP contribution < -0.4 is 0 Å². The largest absolute Gasteiger partial charge is 0.308 e. The second kappa shape index (κ2) is 4.74. The van der Waals surface area contributed by atoms with Gasteiger partial charge in [-0.2, -0.15) is 0 Å². The fraction of sp³-hybridized carbons (Fsp3) is 0.769. The third-order valence-corrected chi connectivity index (χ3v) is 5.52. The first kappa shape index (κ1) is 14.7. The smallest absolute Gasteiger partial charge is 0.303 e. The molecule has 1 saturated heterocycles. The molecule has 98 valence electrons. The lowest BCUT2D eigenvalue weighted by atomic mass is 10.0. The van der Waals surface area contributed by atoms with Crippen LogP contribution in [-0.2, 0) is 9.09 Å².